The van der Waals surface area contributed by atoms with Crippen LogP contribution in [0, 0.1) is 5.92 Å². The Morgan fingerprint density at radius 1 is 1.16 bits per heavy atom. The summed E-state index contributed by atoms with van der Waals surface area (Å²) in [4.78, 5) is 20.0. The van der Waals surface area contributed by atoms with E-state index in [0.717, 1.165) is 43.0 Å². The van der Waals surface area contributed by atoms with Gasteiger partial charge in [-0.15, -0.1) is 0 Å². The molecule has 1 aromatic heterocycles. The number of hydrogen-bond donors (Lipinski definition) is 1. The molecule has 32 heavy (non-hydrogen) atoms. The summed E-state index contributed by atoms with van der Waals surface area (Å²) in [6, 6.07) is 17.0. The van der Waals surface area contributed by atoms with Crippen molar-refractivity contribution in [3.8, 4) is 11.5 Å². The zero-order chi connectivity index (χ0) is 22.2. The zero-order valence-electron chi connectivity index (χ0n) is 18.3. The molecule has 168 valence electrons. The third kappa shape index (κ3) is 5.29. The van der Waals surface area contributed by atoms with E-state index in [4.69, 9.17) is 13.9 Å². The minimum atomic E-state index is -0.398. The lowest BCUT2D eigenvalue weighted by atomic mass is 9.94. The number of ether oxygens (including phenoxy) is 2. The Labute approximate surface area is 188 Å². The molecule has 0 radical (unpaired) electrons. The summed E-state index contributed by atoms with van der Waals surface area (Å²) in [5.74, 6) is 1.58. The minimum absolute atomic E-state index is 0.0343. The predicted octanol–water partition coefficient (Wildman–Crippen LogP) is 3.68. The number of benzene rings is 2. The van der Waals surface area contributed by atoms with Crippen LogP contribution in [0.1, 0.15) is 30.1 Å². The van der Waals surface area contributed by atoms with Crippen molar-refractivity contribution in [3.63, 3.8) is 0 Å². The molecule has 4 rings (SSSR count). The summed E-state index contributed by atoms with van der Waals surface area (Å²) in [5.41, 5.74) is 1.60. The normalized spacial score (nSPS) is 15.2. The standard InChI is InChI=1S/C25H29N3O4/c1-30-22-9-5-6-20(16-22)24(23-17-31-18-27-23)28(25(29)19-10-12-26-13-11-19)14-15-32-21-7-3-2-4-8-21/h2-9,16-19,24,26H,10-15H2,1H3/t24-/m1/s1. The molecule has 0 unspecified atom stereocenters. The molecule has 1 aliphatic heterocycles. The van der Waals surface area contributed by atoms with E-state index in [-0.39, 0.29) is 11.8 Å². The summed E-state index contributed by atoms with van der Waals surface area (Å²) in [7, 11) is 1.63. The molecular formula is C25H29N3O4. The minimum Gasteiger partial charge on any atom is -0.497 e. The first-order chi connectivity index (χ1) is 15.8. The fraction of sp³-hybridized carbons (Fsp3) is 0.360. The second-order valence-electron chi connectivity index (χ2n) is 7.81. The highest BCUT2D eigenvalue weighted by atomic mass is 16.5. The number of carbonyl (C=O) groups excluding carboxylic acids is 1. The van der Waals surface area contributed by atoms with Crippen molar-refractivity contribution in [1.82, 2.24) is 15.2 Å². The summed E-state index contributed by atoms with van der Waals surface area (Å²) >= 11 is 0. The highest BCUT2D eigenvalue weighted by Gasteiger charge is 2.33. The first-order valence-corrected chi connectivity index (χ1v) is 11.0. The van der Waals surface area contributed by atoms with Gasteiger partial charge in [0.05, 0.1) is 13.7 Å². The first-order valence-electron chi connectivity index (χ1n) is 11.0. The number of amides is 1. The van der Waals surface area contributed by atoms with E-state index in [1.165, 1.54) is 6.39 Å². The van der Waals surface area contributed by atoms with E-state index in [0.29, 0.717) is 18.8 Å². The number of para-hydroxylation sites is 1. The van der Waals surface area contributed by atoms with Crippen molar-refractivity contribution in [3.05, 3.63) is 78.5 Å². The van der Waals surface area contributed by atoms with Gasteiger partial charge in [-0.25, -0.2) is 4.98 Å². The summed E-state index contributed by atoms with van der Waals surface area (Å²) in [5, 5.41) is 3.34. The highest BCUT2D eigenvalue weighted by molar-refractivity contribution is 5.80. The molecule has 1 saturated heterocycles. The molecule has 1 atom stereocenters. The lowest BCUT2D eigenvalue weighted by molar-refractivity contribution is -0.138. The van der Waals surface area contributed by atoms with Gasteiger partial charge in [0, 0.05) is 5.92 Å². The van der Waals surface area contributed by atoms with Gasteiger partial charge in [0.25, 0.3) is 0 Å². The zero-order valence-corrected chi connectivity index (χ0v) is 18.3. The molecule has 3 aromatic rings. The number of rotatable bonds is 9. The number of oxazole rings is 1. The van der Waals surface area contributed by atoms with Gasteiger partial charge in [-0.05, 0) is 55.8 Å². The van der Waals surface area contributed by atoms with Gasteiger partial charge in [0.2, 0.25) is 5.91 Å². The lowest BCUT2D eigenvalue weighted by Gasteiger charge is -2.35. The van der Waals surface area contributed by atoms with Crippen LogP contribution in [-0.2, 0) is 4.79 Å². The topological polar surface area (TPSA) is 76.8 Å². The van der Waals surface area contributed by atoms with Gasteiger partial charge in [0.1, 0.15) is 36.1 Å². The maximum Gasteiger partial charge on any atom is 0.226 e. The van der Waals surface area contributed by atoms with Crippen LogP contribution in [0.2, 0.25) is 0 Å². The molecule has 0 saturated carbocycles. The summed E-state index contributed by atoms with van der Waals surface area (Å²) < 4.78 is 16.7. The van der Waals surface area contributed by atoms with Crippen LogP contribution >= 0.6 is 0 Å². The van der Waals surface area contributed by atoms with Gasteiger partial charge >= 0.3 is 0 Å². The number of nitrogens with zero attached hydrogens (tertiary/aromatic N) is 2. The van der Waals surface area contributed by atoms with Gasteiger partial charge in [-0.3, -0.25) is 4.79 Å². The van der Waals surface area contributed by atoms with Crippen LogP contribution in [-0.4, -0.2) is 49.1 Å². The van der Waals surface area contributed by atoms with Crippen LogP contribution in [0.25, 0.3) is 0 Å². The number of carbonyl (C=O) groups is 1. The van der Waals surface area contributed by atoms with Crippen molar-refractivity contribution >= 4 is 5.91 Å². The van der Waals surface area contributed by atoms with Crippen LogP contribution < -0.4 is 14.8 Å². The fourth-order valence-corrected chi connectivity index (χ4v) is 4.13. The molecule has 0 bridgehead atoms. The van der Waals surface area contributed by atoms with Crippen molar-refractivity contribution in [1.29, 1.82) is 0 Å². The lowest BCUT2D eigenvalue weighted by Crippen LogP contribution is -2.44. The second-order valence-corrected chi connectivity index (χ2v) is 7.81. The number of methoxy groups -OCH3 is 1. The van der Waals surface area contributed by atoms with Crippen LogP contribution in [0.3, 0.4) is 0 Å². The van der Waals surface area contributed by atoms with Crippen LogP contribution in [0.15, 0.2) is 71.7 Å². The molecule has 1 N–H and O–H groups in total. The molecule has 2 aromatic carbocycles. The van der Waals surface area contributed by atoms with E-state index < -0.39 is 6.04 Å². The molecule has 7 nitrogen and oxygen atoms in total. The average Bonchev–Trinajstić information content (AvgIpc) is 3.39. The molecule has 0 spiro atoms. The molecule has 1 aliphatic rings. The van der Waals surface area contributed by atoms with E-state index in [1.54, 1.807) is 13.4 Å². The van der Waals surface area contributed by atoms with Crippen LogP contribution in [0.5, 0.6) is 11.5 Å². The Morgan fingerprint density at radius 2 is 1.94 bits per heavy atom. The third-order valence-electron chi connectivity index (χ3n) is 5.77. The molecule has 1 amide bonds. The maximum absolute atomic E-state index is 13.8. The number of hydrogen-bond acceptors (Lipinski definition) is 6. The number of nitrogens with one attached hydrogen (secondary N) is 1. The fourth-order valence-electron chi connectivity index (χ4n) is 4.13. The molecule has 2 heterocycles. The summed E-state index contributed by atoms with van der Waals surface area (Å²) in [6.45, 7) is 2.49. The van der Waals surface area contributed by atoms with Gasteiger partial charge < -0.3 is 24.1 Å². The maximum atomic E-state index is 13.8. The second kappa shape index (κ2) is 10.8. The average molecular weight is 436 g/mol. The predicted molar refractivity (Wildman–Crippen MR) is 121 cm³/mol. The van der Waals surface area contributed by atoms with Crippen molar-refractivity contribution in [2.24, 2.45) is 5.92 Å². The Morgan fingerprint density at radius 3 is 2.66 bits per heavy atom. The van der Waals surface area contributed by atoms with Crippen LogP contribution in [0.4, 0.5) is 0 Å². The first kappa shape index (κ1) is 21.9. The Balaban J connectivity index is 1.64. The van der Waals surface area contributed by atoms with Gasteiger partial charge in [-0.1, -0.05) is 30.3 Å². The Hall–Kier alpha value is -3.32. The van der Waals surface area contributed by atoms with Gasteiger partial charge in [-0.2, -0.15) is 0 Å². The summed E-state index contributed by atoms with van der Waals surface area (Å²) in [6.07, 6.45) is 4.64. The Bertz CT molecular complexity index is 972. The van der Waals surface area contributed by atoms with E-state index in [2.05, 4.69) is 10.3 Å². The monoisotopic (exact) mass is 435 g/mol. The van der Waals surface area contributed by atoms with Crippen molar-refractivity contribution < 1.29 is 18.7 Å². The third-order valence-corrected chi connectivity index (χ3v) is 5.77. The largest absolute Gasteiger partial charge is 0.497 e. The van der Waals surface area contributed by atoms with E-state index in [1.807, 2.05) is 59.5 Å². The Kier molecular flexibility index (Phi) is 7.40. The quantitative estimate of drug-likeness (QED) is 0.553. The number of piperidine rings is 1. The molecule has 7 heteroatoms. The highest BCUT2D eigenvalue weighted by Crippen LogP contribution is 2.32. The van der Waals surface area contributed by atoms with E-state index in [9.17, 15) is 4.79 Å². The van der Waals surface area contributed by atoms with E-state index >= 15 is 0 Å². The van der Waals surface area contributed by atoms with Crippen molar-refractivity contribution in [2.75, 3.05) is 33.4 Å². The SMILES string of the molecule is COc1cccc([C@H](c2cocn2)N(CCOc2ccccc2)C(=O)C2CCNCC2)c1. The molecule has 1 fully saturated rings. The molecule has 0 aliphatic carbocycles. The van der Waals surface area contributed by atoms with Crippen molar-refractivity contribution in [2.45, 2.75) is 18.9 Å². The van der Waals surface area contributed by atoms with Gasteiger partial charge in [0.15, 0.2) is 6.39 Å². The smallest absolute Gasteiger partial charge is 0.226 e. The number of aromatic nitrogens is 1. The molecular weight excluding hydrogens is 406 g/mol.